The molecule has 0 amide bonds. The highest BCUT2D eigenvalue weighted by molar-refractivity contribution is 7.18. The maximum atomic E-state index is 5.55. The van der Waals surface area contributed by atoms with Crippen LogP contribution in [0.25, 0.3) is 10.2 Å². The summed E-state index contributed by atoms with van der Waals surface area (Å²) in [7, 11) is 1.95. The van der Waals surface area contributed by atoms with E-state index in [0.29, 0.717) is 12.0 Å². The number of nitrogens with zero attached hydrogens (tertiary/aromatic N) is 5. The van der Waals surface area contributed by atoms with Gasteiger partial charge in [-0.15, -0.1) is 11.3 Å². The van der Waals surface area contributed by atoms with E-state index in [-0.39, 0.29) is 0 Å². The van der Waals surface area contributed by atoms with E-state index in [2.05, 4.69) is 51.1 Å². The molecular formula is C19H26N6OS. The molecule has 144 valence electrons. The number of hydrogen-bond donors (Lipinski definition) is 1. The molecule has 0 aromatic carbocycles. The van der Waals surface area contributed by atoms with Gasteiger partial charge < -0.3 is 14.7 Å². The second-order valence-electron chi connectivity index (χ2n) is 7.36. The number of aromatic nitrogens is 4. The van der Waals surface area contributed by atoms with Gasteiger partial charge in [0.05, 0.1) is 5.39 Å². The van der Waals surface area contributed by atoms with Crippen molar-refractivity contribution in [2.45, 2.75) is 52.0 Å². The average Bonchev–Trinajstić information content (AvgIpc) is 3.26. The number of thiophene rings is 1. The molecule has 0 bridgehead atoms. The molecule has 0 aliphatic carbocycles. The molecule has 0 radical (unpaired) electrons. The number of rotatable bonds is 5. The first-order valence-corrected chi connectivity index (χ1v) is 10.3. The van der Waals surface area contributed by atoms with Crippen LogP contribution in [0.3, 0.4) is 0 Å². The molecule has 1 aliphatic rings. The second-order valence-corrected chi connectivity index (χ2v) is 8.57. The van der Waals surface area contributed by atoms with Crippen LogP contribution in [0.2, 0.25) is 0 Å². The van der Waals surface area contributed by atoms with Gasteiger partial charge in [-0.2, -0.15) is 4.98 Å². The summed E-state index contributed by atoms with van der Waals surface area (Å²) in [5.41, 5.74) is 1.30. The fourth-order valence-electron chi connectivity index (χ4n) is 3.63. The molecule has 7 nitrogen and oxygen atoms in total. The molecule has 1 aliphatic heterocycles. The molecule has 1 fully saturated rings. The summed E-state index contributed by atoms with van der Waals surface area (Å²) in [6.07, 6.45) is 4.47. The van der Waals surface area contributed by atoms with Gasteiger partial charge in [-0.25, -0.2) is 9.97 Å². The van der Waals surface area contributed by atoms with Crippen LogP contribution in [-0.4, -0.2) is 46.3 Å². The number of anilines is 1. The lowest BCUT2D eigenvalue weighted by molar-refractivity contribution is 0.326. The van der Waals surface area contributed by atoms with Gasteiger partial charge >= 0.3 is 0 Å². The highest BCUT2D eigenvalue weighted by atomic mass is 32.1. The van der Waals surface area contributed by atoms with Crippen LogP contribution in [-0.2, 0) is 6.42 Å². The Bertz CT molecular complexity index is 928. The quantitative estimate of drug-likeness (QED) is 0.721. The number of piperidine rings is 1. The predicted molar refractivity (Wildman–Crippen MR) is 108 cm³/mol. The van der Waals surface area contributed by atoms with Gasteiger partial charge in [0, 0.05) is 36.3 Å². The maximum absolute atomic E-state index is 5.55. The fraction of sp³-hybridized carbons (Fsp3) is 0.579. The van der Waals surface area contributed by atoms with Crippen molar-refractivity contribution < 1.29 is 4.52 Å². The van der Waals surface area contributed by atoms with Crippen molar-refractivity contribution in [2.24, 2.45) is 0 Å². The third-order valence-corrected chi connectivity index (χ3v) is 6.67. The minimum absolute atomic E-state index is 0.329. The summed E-state index contributed by atoms with van der Waals surface area (Å²) in [5, 5.41) is 8.57. The topological polar surface area (TPSA) is 80.0 Å². The van der Waals surface area contributed by atoms with Gasteiger partial charge in [0.25, 0.3) is 0 Å². The van der Waals surface area contributed by atoms with Crippen LogP contribution in [0.4, 0.5) is 5.82 Å². The zero-order valence-corrected chi connectivity index (χ0v) is 17.1. The molecule has 3 aromatic heterocycles. The van der Waals surface area contributed by atoms with Gasteiger partial charge in [0.1, 0.15) is 17.0 Å². The summed E-state index contributed by atoms with van der Waals surface area (Å²) in [5.74, 6) is 2.96. The van der Waals surface area contributed by atoms with Gasteiger partial charge in [-0.3, -0.25) is 0 Å². The molecule has 1 saturated heterocycles. The van der Waals surface area contributed by atoms with Crippen molar-refractivity contribution in [1.82, 2.24) is 25.4 Å². The minimum Gasteiger partial charge on any atom is -0.356 e. The first kappa shape index (κ1) is 18.3. The Morgan fingerprint density at radius 3 is 2.81 bits per heavy atom. The number of aryl methyl sites for hydroxylation is 2. The summed E-state index contributed by atoms with van der Waals surface area (Å²) >= 11 is 1.75. The third-order valence-electron chi connectivity index (χ3n) is 5.55. The van der Waals surface area contributed by atoms with Crippen molar-refractivity contribution in [3.05, 3.63) is 28.5 Å². The molecule has 1 atom stereocenters. The number of fused-ring (bicyclic) bond motifs is 1. The summed E-state index contributed by atoms with van der Waals surface area (Å²) in [6.45, 7) is 8.32. The summed E-state index contributed by atoms with van der Waals surface area (Å²) in [4.78, 5) is 18.5. The molecule has 8 heteroatoms. The van der Waals surface area contributed by atoms with Gasteiger partial charge in [-0.1, -0.05) is 5.16 Å². The molecule has 27 heavy (non-hydrogen) atoms. The van der Waals surface area contributed by atoms with Crippen LogP contribution in [0.1, 0.15) is 47.8 Å². The lowest BCUT2D eigenvalue weighted by Gasteiger charge is -2.31. The molecular weight excluding hydrogens is 360 g/mol. The van der Waals surface area contributed by atoms with E-state index in [9.17, 15) is 0 Å². The normalized spacial score (nSPS) is 17.0. The first-order valence-electron chi connectivity index (χ1n) is 9.52. The Morgan fingerprint density at radius 1 is 1.30 bits per heavy atom. The Hall–Kier alpha value is -2.06. The van der Waals surface area contributed by atoms with E-state index in [1.54, 1.807) is 17.7 Å². The van der Waals surface area contributed by atoms with E-state index in [1.807, 2.05) is 7.05 Å². The molecule has 3 aromatic rings. The number of likely N-dealkylation sites (N-methyl/N-ethyl adjacent to an activating group) is 1. The van der Waals surface area contributed by atoms with Crippen LogP contribution in [0.15, 0.2) is 10.9 Å². The van der Waals surface area contributed by atoms with Gasteiger partial charge in [0.2, 0.25) is 5.89 Å². The average molecular weight is 387 g/mol. The van der Waals surface area contributed by atoms with Crippen molar-refractivity contribution in [2.75, 3.05) is 25.0 Å². The van der Waals surface area contributed by atoms with Crippen LogP contribution in [0, 0.1) is 13.8 Å². The van der Waals surface area contributed by atoms with Crippen molar-refractivity contribution in [3.8, 4) is 0 Å². The van der Waals surface area contributed by atoms with Crippen molar-refractivity contribution in [3.63, 3.8) is 0 Å². The lowest BCUT2D eigenvalue weighted by Crippen LogP contribution is -2.33. The third kappa shape index (κ3) is 3.55. The molecule has 0 spiro atoms. The largest absolute Gasteiger partial charge is 0.356 e. The number of hydrogen-bond acceptors (Lipinski definition) is 8. The highest BCUT2D eigenvalue weighted by Gasteiger charge is 2.27. The van der Waals surface area contributed by atoms with Crippen LogP contribution < -0.4 is 10.2 Å². The molecule has 4 heterocycles. The standard InChI is InChI=1S/C19H26N6OS/c1-11(20-4)9-15-23-18(26-24-15)14-5-7-25(8-6-14)17-16-12(2)13(3)27-19(16)22-10-21-17/h10-11,14,20H,5-9H2,1-4H3. The zero-order chi connectivity index (χ0) is 19.0. The highest BCUT2D eigenvalue weighted by Crippen LogP contribution is 2.36. The van der Waals surface area contributed by atoms with Crippen molar-refractivity contribution >= 4 is 27.4 Å². The van der Waals surface area contributed by atoms with E-state index >= 15 is 0 Å². The van der Waals surface area contributed by atoms with E-state index < -0.39 is 0 Å². The minimum atomic E-state index is 0.329. The SMILES string of the molecule is CNC(C)Cc1noc(C2CCN(c3ncnc4sc(C)c(C)c34)CC2)n1. The van der Waals surface area contributed by atoms with Crippen LogP contribution in [0.5, 0.6) is 0 Å². The van der Waals surface area contributed by atoms with E-state index in [4.69, 9.17) is 4.52 Å². The first-order chi connectivity index (χ1) is 13.1. The monoisotopic (exact) mass is 386 g/mol. The summed E-state index contributed by atoms with van der Waals surface area (Å²) < 4.78 is 5.55. The van der Waals surface area contributed by atoms with E-state index in [1.165, 1.54) is 15.8 Å². The smallest absolute Gasteiger partial charge is 0.229 e. The molecule has 1 unspecified atom stereocenters. The predicted octanol–water partition coefficient (Wildman–Crippen LogP) is 3.23. The second kappa shape index (κ2) is 7.52. The molecule has 4 rings (SSSR count). The van der Waals surface area contributed by atoms with E-state index in [0.717, 1.165) is 54.7 Å². The Labute approximate surface area is 163 Å². The Morgan fingerprint density at radius 2 is 2.07 bits per heavy atom. The summed E-state index contributed by atoms with van der Waals surface area (Å²) in [6, 6.07) is 0.342. The van der Waals surface area contributed by atoms with Gasteiger partial charge in [0.15, 0.2) is 5.82 Å². The van der Waals surface area contributed by atoms with Crippen molar-refractivity contribution in [1.29, 1.82) is 0 Å². The molecule has 1 N–H and O–H groups in total. The fourth-order valence-corrected chi connectivity index (χ4v) is 4.63. The number of nitrogens with one attached hydrogen (secondary N) is 1. The maximum Gasteiger partial charge on any atom is 0.229 e. The Balaban J connectivity index is 1.47. The molecule has 0 saturated carbocycles. The van der Waals surface area contributed by atoms with Gasteiger partial charge in [-0.05, 0) is 46.2 Å². The zero-order valence-electron chi connectivity index (χ0n) is 16.3. The Kier molecular flexibility index (Phi) is 5.10. The van der Waals surface area contributed by atoms with Crippen LogP contribution >= 0.6 is 11.3 Å². The lowest BCUT2D eigenvalue weighted by atomic mass is 9.96.